The van der Waals surface area contributed by atoms with Crippen LogP contribution in [0.1, 0.15) is 85.1 Å². The molecule has 1 aliphatic rings. The molecule has 0 spiro atoms. The van der Waals surface area contributed by atoms with Crippen molar-refractivity contribution >= 4 is 17.5 Å². The van der Waals surface area contributed by atoms with Crippen molar-refractivity contribution in [2.45, 2.75) is 86.0 Å². The first-order valence-electron chi connectivity index (χ1n) is 13.3. The molecule has 1 N–H and O–H groups in total. The van der Waals surface area contributed by atoms with Gasteiger partial charge in [0.25, 0.3) is 0 Å². The average Bonchev–Trinajstić information content (AvgIpc) is 2.78. The summed E-state index contributed by atoms with van der Waals surface area (Å²) in [7, 11) is 1.73. The smallest absolute Gasteiger partial charge is 0.227 e. The summed E-state index contributed by atoms with van der Waals surface area (Å²) in [6.45, 7) is 13.0. The Hall–Kier alpha value is -1.88. The van der Waals surface area contributed by atoms with Gasteiger partial charge in [-0.15, -0.1) is 0 Å². The SMILES string of the molecule is CCCCNC(=O)[C@@H](CCCCC(C)(C)CC(=O)N1CC(COC)Cc2ccccc21)C(C)C. The van der Waals surface area contributed by atoms with E-state index in [1.54, 1.807) is 7.11 Å². The van der Waals surface area contributed by atoms with Gasteiger partial charge in [0, 0.05) is 44.1 Å². The van der Waals surface area contributed by atoms with Crippen LogP contribution >= 0.6 is 0 Å². The van der Waals surface area contributed by atoms with Gasteiger partial charge in [0.05, 0.1) is 6.61 Å². The molecule has 0 bridgehead atoms. The molecular formula is C29H48N2O3. The third-order valence-corrected chi connectivity index (χ3v) is 7.15. The molecule has 1 unspecified atom stereocenters. The summed E-state index contributed by atoms with van der Waals surface area (Å²) < 4.78 is 5.40. The van der Waals surface area contributed by atoms with Crippen LogP contribution in [0.25, 0.3) is 0 Å². The molecule has 0 aromatic heterocycles. The monoisotopic (exact) mass is 472 g/mol. The number of amides is 2. The summed E-state index contributed by atoms with van der Waals surface area (Å²) in [5.41, 5.74) is 2.22. The zero-order valence-corrected chi connectivity index (χ0v) is 22.5. The number of anilines is 1. The fraction of sp³-hybridized carbons (Fsp3) is 0.724. The number of hydrogen-bond donors (Lipinski definition) is 1. The van der Waals surface area contributed by atoms with Gasteiger partial charge in [-0.05, 0) is 48.6 Å². The highest BCUT2D eigenvalue weighted by molar-refractivity contribution is 5.95. The van der Waals surface area contributed by atoms with Gasteiger partial charge in [0.2, 0.25) is 11.8 Å². The molecule has 1 aromatic carbocycles. The van der Waals surface area contributed by atoms with E-state index in [-0.39, 0.29) is 23.1 Å². The number of carbonyl (C=O) groups excluding carboxylic acids is 2. The van der Waals surface area contributed by atoms with Crippen LogP contribution in [0, 0.1) is 23.2 Å². The number of carbonyl (C=O) groups is 2. The van der Waals surface area contributed by atoms with Crippen molar-refractivity contribution in [2.24, 2.45) is 23.2 Å². The van der Waals surface area contributed by atoms with Gasteiger partial charge in [0.15, 0.2) is 0 Å². The first-order chi connectivity index (χ1) is 16.2. The summed E-state index contributed by atoms with van der Waals surface area (Å²) in [5.74, 6) is 1.16. The lowest BCUT2D eigenvalue weighted by molar-refractivity contribution is -0.126. The zero-order chi connectivity index (χ0) is 25.1. The Bertz CT molecular complexity index is 774. The highest BCUT2D eigenvalue weighted by atomic mass is 16.5. The summed E-state index contributed by atoms with van der Waals surface area (Å²) >= 11 is 0. The number of nitrogens with zero attached hydrogens (tertiary/aromatic N) is 1. The first kappa shape index (κ1) is 28.4. The molecule has 1 heterocycles. The largest absolute Gasteiger partial charge is 0.384 e. The van der Waals surface area contributed by atoms with Gasteiger partial charge < -0.3 is 15.0 Å². The van der Waals surface area contributed by atoms with Crippen molar-refractivity contribution in [3.8, 4) is 0 Å². The van der Waals surface area contributed by atoms with Crippen LogP contribution in [0.3, 0.4) is 0 Å². The van der Waals surface area contributed by atoms with Gasteiger partial charge >= 0.3 is 0 Å². The number of fused-ring (bicyclic) bond motifs is 1. The molecule has 5 heteroatoms. The number of benzene rings is 1. The number of hydrogen-bond acceptors (Lipinski definition) is 3. The predicted octanol–water partition coefficient (Wildman–Crippen LogP) is 6.00. The van der Waals surface area contributed by atoms with Crippen LogP contribution in [0.15, 0.2) is 24.3 Å². The van der Waals surface area contributed by atoms with Crippen LogP contribution in [0.2, 0.25) is 0 Å². The number of ether oxygens (including phenoxy) is 1. The number of para-hydroxylation sites is 1. The first-order valence-corrected chi connectivity index (χ1v) is 13.3. The normalized spacial score (nSPS) is 16.9. The summed E-state index contributed by atoms with van der Waals surface area (Å²) in [5, 5.41) is 3.11. The van der Waals surface area contributed by atoms with Crippen LogP contribution < -0.4 is 10.2 Å². The van der Waals surface area contributed by atoms with E-state index in [1.165, 1.54) is 5.56 Å². The Balaban J connectivity index is 1.88. The van der Waals surface area contributed by atoms with Crippen molar-refractivity contribution in [1.29, 1.82) is 0 Å². The van der Waals surface area contributed by atoms with E-state index in [0.29, 0.717) is 24.9 Å². The minimum atomic E-state index is -0.0725. The average molecular weight is 473 g/mol. The zero-order valence-electron chi connectivity index (χ0n) is 22.5. The lowest BCUT2D eigenvalue weighted by Crippen LogP contribution is -2.42. The Morgan fingerprint density at radius 2 is 1.91 bits per heavy atom. The standard InChI is InChI=1S/C29H48N2O3/c1-7-8-17-30-28(33)25(22(2)3)14-11-12-16-29(4,5)19-27(32)31-20-23(21-34-6)18-24-13-9-10-15-26(24)31/h9-10,13,15,22-23,25H,7-8,11-12,14,16-21H2,1-6H3,(H,30,33)/t23?,25-/m0/s1. The Kier molecular flexibility index (Phi) is 11.6. The van der Waals surface area contributed by atoms with Gasteiger partial charge in [-0.3, -0.25) is 9.59 Å². The van der Waals surface area contributed by atoms with Crippen molar-refractivity contribution < 1.29 is 14.3 Å². The molecule has 0 radical (unpaired) electrons. The van der Waals surface area contributed by atoms with Crippen molar-refractivity contribution in [3.63, 3.8) is 0 Å². The Morgan fingerprint density at radius 3 is 2.59 bits per heavy atom. The maximum atomic E-state index is 13.4. The lowest BCUT2D eigenvalue weighted by Gasteiger charge is -2.36. The minimum Gasteiger partial charge on any atom is -0.384 e. The molecule has 1 aliphatic heterocycles. The molecule has 5 nitrogen and oxygen atoms in total. The van der Waals surface area contributed by atoms with E-state index in [0.717, 1.165) is 63.7 Å². The quantitative estimate of drug-likeness (QED) is 0.338. The molecule has 34 heavy (non-hydrogen) atoms. The number of unbranched alkanes of at least 4 members (excludes halogenated alkanes) is 2. The van der Waals surface area contributed by atoms with E-state index in [4.69, 9.17) is 4.74 Å². The molecule has 2 atom stereocenters. The van der Waals surface area contributed by atoms with E-state index in [9.17, 15) is 9.59 Å². The number of methoxy groups -OCH3 is 1. The topological polar surface area (TPSA) is 58.6 Å². The van der Waals surface area contributed by atoms with Gasteiger partial charge in [-0.25, -0.2) is 0 Å². The molecule has 0 saturated carbocycles. The van der Waals surface area contributed by atoms with Crippen LogP contribution in [0.5, 0.6) is 0 Å². The van der Waals surface area contributed by atoms with Crippen LogP contribution in [-0.2, 0) is 20.7 Å². The highest BCUT2D eigenvalue weighted by Crippen LogP contribution is 2.34. The molecule has 0 aliphatic carbocycles. The van der Waals surface area contributed by atoms with E-state index in [2.05, 4.69) is 58.1 Å². The fourth-order valence-electron chi connectivity index (χ4n) is 5.11. The maximum Gasteiger partial charge on any atom is 0.227 e. The third-order valence-electron chi connectivity index (χ3n) is 7.15. The molecule has 2 rings (SSSR count). The second kappa shape index (κ2) is 13.9. The maximum absolute atomic E-state index is 13.4. The Labute approximate surface area is 208 Å². The third kappa shape index (κ3) is 8.72. The summed E-state index contributed by atoms with van der Waals surface area (Å²) in [6.07, 6.45) is 7.57. The second-order valence-electron chi connectivity index (χ2n) is 11.2. The molecule has 2 amide bonds. The molecule has 0 fully saturated rings. The van der Waals surface area contributed by atoms with Gasteiger partial charge in [-0.1, -0.05) is 72.1 Å². The second-order valence-corrected chi connectivity index (χ2v) is 11.2. The van der Waals surface area contributed by atoms with Gasteiger partial charge in [0.1, 0.15) is 0 Å². The molecular weight excluding hydrogens is 424 g/mol. The van der Waals surface area contributed by atoms with E-state index >= 15 is 0 Å². The van der Waals surface area contributed by atoms with Crippen LogP contribution in [-0.4, -0.2) is 38.6 Å². The van der Waals surface area contributed by atoms with Crippen LogP contribution in [0.4, 0.5) is 5.69 Å². The lowest BCUT2D eigenvalue weighted by atomic mass is 9.81. The predicted molar refractivity (Wildman–Crippen MR) is 141 cm³/mol. The number of rotatable bonds is 14. The Morgan fingerprint density at radius 1 is 1.18 bits per heavy atom. The van der Waals surface area contributed by atoms with E-state index < -0.39 is 0 Å². The summed E-state index contributed by atoms with van der Waals surface area (Å²) in [6, 6.07) is 8.27. The highest BCUT2D eigenvalue weighted by Gasteiger charge is 2.31. The van der Waals surface area contributed by atoms with Crippen molar-refractivity contribution in [1.82, 2.24) is 5.32 Å². The van der Waals surface area contributed by atoms with Gasteiger partial charge in [-0.2, -0.15) is 0 Å². The summed E-state index contributed by atoms with van der Waals surface area (Å²) in [4.78, 5) is 28.0. The molecule has 1 aromatic rings. The van der Waals surface area contributed by atoms with Crippen molar-refractivity contribution in [2.75, 3.05) is 31.7 Å². The molecule has 192 valence electrons. The fourth-order valence-corrected chi connectivity index (χ4v) is 5.11. The number of nitrogens with one attached hydrogen (secondary N) is 1. The molecule has 0 saturated heterocycles. The van der Waals surface area contributed by atoms with E-state index in [1.807, 2.05) is 11.0 Å². The minimum absolute atomic E-state index is 0.0725. The van der Waals surface area contributed by atoms with Crippen molar-refractivity contribution in [3.05, 3.63) is 29.8 Å².